The molecular weight excluding hydrogens is 376 g/mol. The molecule has 0 radical (unpaired) electrons. The van der Waals surface area contributed by atoms with E-state index in [1.807, 2.05) is 50.2 Å². The van der Waals surface area contributed by atoms with Crippen molar-refractivity contribution < 1.29 is 14.3 Å². The molecule has 5 heteroatoms. The van der Waals surface area contributed by atoms with Crippen LogP contribution in [-0.4, -0.2) is 18.9 Å². The van der Waals surface area contributed by atoms with Gasteiger partial charge in [0, 0.05) is 5.69 Å². The number of anilines is 2. The molecule has 5 nitrogen and oxygen atoms in total. The largest absolute Gasteiger partial charge is 0.497 e. The summed E-state index contributed by atoms with van der Waals surface area (Å²) >= 11 is 0. The van der Waals surface area contributed by atoms with Gasteiger partial charge in [0.05, 0.1) is 18.4 Å². The lowest BCUT2D eigenvalue weighted by atomic mass is 10.0. The number of benzene rings is 3. The van der Waals surface area contributed by atoms with Gasteiger partial charge in [-0.2, -0.15) is 0 Å². The molecule has 30 heavy (non-hydrogen) atoms. The van der Waals surface area contributed by atoms with Crippen LogP contribution in [0, 0.1) is 13.8 Å². The monoisotopic (exact) mass is 398 g/mol. The van der Waals surface area contributed by atoms with E-state index in [0.29, 0.717) is 22.6 Å². The molecule has 1 aliphatic heterocycles. The van der Waals surface area contributed by atoms with Gasteiger partial charge in [-0.15, -0.1) is 0 Å². The fourth-order valence-electron chi connectivity index (χ4n) is 3.38. The molecule has 3 aromatic carbocycles. The first-order valence-corrected chi connectivity index (χ1v) is 9.66. The quantitative estimate of drug-likeness (QED) is 0.633. The molecule has 0 saturated carbocycles. The Morgan fingerprint density at radius 3 is 1.87 bits per heavy atom. The molecule has 1 heterocycles. The summed E-state index contributed by atoms with van der Waals surface area (Å²) in [7, 11) is 1.59. The first-order valence-electron chi connectivity index (χ1n) is 9.66. The average molecular weight is 398 g/mol. The maximum Gasteiger partial charge on any atom is 0.282 e. The van der Waals surface area contributed by atoms with E-state index in [2.05, 4.69) is 5.32 Å². The van der Waals surface area contributed by atoms with Gasteiger partial charge >= 0.3 is 0 Å². The van der Waals surface area contributed by atoms with E-state index in [-0.39, 0.29) is 17.5 Å². The number of aryl methyl sites for hydroxylation is 2. The molecule has 1 aliphatic rings. The lowest BCUT2D eigenvalue weighted by Gasteiger charge is -2.15. The third kappa shape index (κ3) is 3.57. The molecule has 0 spiro atoms. The van der Waals surface area contributed by atoms with E-state index in [9.17, 15) is 9.59 Å². The van der Waals surface area contributed by atoms with E-state index in [1.165, 1.54) is 4.90 Å². The summed E-state index contributed by atoms with van der Waals surface area (Å²) < 4.78 is 5.22. The summed E-state index contributed by atoms with van der Waals surface area (Å²) in [6.07, 6.45) is 0. The molecule has 3 aromatic rings. The van der Waals surface area contributed by atoms with Crippen molar-refractivity contribution in [3.63, 3.8) is 0 Å². The van der Waals surface area contributed by atoms with Gasteiger partial charge in [0.25, 0.3) is 11.8 Å². The molecule has 0 bridgehead atoms. The minimum atomic E-state index is -0.379. The zero-order valence-corrected chi connectivity index (χ0v) is 17.1. The number of nitrogens with one attached hydrogen (secondary N) is 1. The van der Waals surface area contributed by atoms with Gasteiger partial charge in [-0.3, -0.25) is 9.59 Å². The number of hydrogen-bond acceptors (Lipinski definition) is 4. The molecule has 0 aromatic heterocycles. The maximum atomic E-state index is 13.4. The number of rotatable bonds is 5. The highest BCUT2D eigenvalue weighted by atomic mass is 16.5. The van der Waals surface area contributed by atoms with Crippen LogP contribution < -0.4 is 15.0 Å². The van der Waals surface area contributed by atoms with Crippen LogP contribution in [0.15, 0.2) is 78.5 Å². The van der Waals surface area contributed by atoms with Crippen molar-refractivity contribution in [3.8, 4) is 5.75 Å². The highest BCUT2D eigenvalue weighted by Gasteiger charge is 2.40. The Kier molecular flexibility index (Phi) is 5.11. The van der Waals surface area contributed by atoms with Gasteiger partial charge in [0.2, 0.25) is 0 Å². The van der Waals surface area contributed by atoms with Crippen LogP contribution in [-0.2, 0) is 9.59 Å². The Balaban J connectivity index is 1.80. The van der Waals surface area contributed by atoms with Crippen molar-refractivity contribution >= 4 is 28.8 Å². The second-order valence-corrected chi connectivity index (χ2v) is 7.25. The zero-order chi connectivity index (χ0) is 21.3. The zero-order valence-electron chi connectivity index (χ0n) is 17.1. The fourth-order valence-corrected chi connectivity index (χ4v) is 3.38. The average Bonchev–Trinajstić information content (AvgIpc) is 3.00. The Hall–Kier alpha value is -3.86. The van der Waals surface area contributed by atoms with Crippen LogP contribution in [0.5, 0.6) is 5.75 Å². The van der Waals surface area contributed by atoms with Crippen LogP contribution in [0.2, 0.25) is 0 Å². The fraction of sp³-hybridized carbons (Fsp3) is 0.120. The summed E-state index contributed by atoms with van der Waals surface area (Å²) in [6, 6.07) is 22.1. The summed E-state index contributed by atoms with van der Waals surface area (Å²) in [5.41, 5.74) is 4.70. The van der Waals surface area contributed by atoms with Crippen LogP contribution >= 0.6 is 0 Å². The standard InChI is InChI=1S/C25H22N2O3/c1-16-4-10-19(11-5-16)26-23-22(18-8-14-21(30-3)15-9-18)24(28)27(25(23)29)20-12-6-17(2)7-13-20/h4-15,26H,1-3H3. The first kappa shape index (κ1) is 19.5. The van der Waals surface area contributed by atoms with Crippen molar-refractivity contribution in [2.75, 3.05) is 17.3 Å². The summed E-state index contributed by atoms with van der Waals surface area (Å²) in [4.78, 5) is 27.9. The highest BCUT2D eigenvalue weighted by molar-refractivity contribution is 6.46. The molecule has 150 valence electrons. The van der Waals surface area contributed by atoms with Crippen LogP contribution in [0.1, 0.15) is 16.7 Å². The third-order valence-electron chi connectivity index (χ3n) is 5.08. The Bertz CT molecular complexity index is 1130. The van der Waals surface area contributed by atoms with Gasteiger partial charge in [-0.1, -0.05) is 47.5 Å². The minimum absolute atomic E-state index is 0.259. The Labute approximate surface area is 175 Å². The van der Waals surface area contributed by atoms with E-state index < -0.39 is 0 Å². The minimum Gasteiger partial charge on any atom is -0.497 e. The van der Waals surface area contributed by atoms with Crippen molar-refractivity contribution in [2.45, 2.75) is 13.8 Å². The lowest BCUT2D eigenvalue weighted by molar-refractivity contribution is -0.120. The lowest BCUT2D eigenvalue weighted by Crippen LogP contribution is -2.32. The van der Waals surface area contributed by atoms with Crippen LogP contribution in [0.4, 0.5) is 11.4 Å². The normalized spacial score (nSPS) is 13.8. The SMILES string of the molecule is COc1ccc(C2=C(Nc3ccc(C)cc3)C(=O)N(c3ccc(C)cc3)C2=O)cc1. The molecule has 0 aliphatic carbocycles. The Morgan fingerprint density at radius 2 is 1.30 bits per heavy atom. The van der Waals surface area contributed by atoms with Crippen LogP contribution in [0.3, 0.4) is 0 Å². The van der Waals surface area contributed by atoms with Crippen molar-refractivity contribution in [1.29, 1.82) is 0 Å². The van der Waals surface area contributed by atoms with E-state index in [4.69, 9.17) is 4.74 Å². The molecular formula is C25H22N2O3. The number of amides is 2. The number of carbonyl (C=O) groups is 2. The van der Waals surface area contributed by atoms with Gasteiger partial charge in [0.1, 0.15) is 11.4 Å². The van der Waals surface area contributed by atoms with E-state index in [0.717, 1.165) is 16.8 Å². The smallest absolute Gasteiger partial charge is 0.282 e. The maximum absolute atomic E-state index is 13.4. The van der Waals surface area contributed by atoms with Gasteiger partial charge in [0.15, 0.2) is 0 Å². The van der Waals surface area contributed by atoms with Crippen molar-refractivity contribution in [3.05, 3.63) is 95.2 Å². The summed E-state index contributed by atoms with van der Waals surface area (Å²) in [5.74, 6) is -0.0570. The molecule has 0 fully saturated rings. The van der Waals surface area contributed by atoms with Crippen molar-refractivity contribution in [2.24, 2.45) is 0 Å². The number of imide groups is 1. The van der Waals surface area contributed by atoms with E-state index >= 15 is 0 Å². The number of ether oxygens (including phenoxy) is 1. The second-order valence-electron chi connectivity index (χ2n) is 7.25. The molecule has 0 saturated heterocycles. The molecule has 1 N–H and O–H groups in total. The van der Waals surface area contributed by atoms with Gasteiger partial charge in [-0.05, 0) is 55.8 Å². The molecule has 4 rings (SSSR count). The number of hydrogen-bond donors (Lipinski definition) is 1. The molecule has 2 amide bonds. The highest BCUT2D eigenvalue weighted by Crippen LogP contribution is 2.34. The number of methoxy groups -OCH3 is 1. The summed E-state index contributed by atoms with van der Waals surface area (Å²) in [6.45, 7) is 3.96. The predicted octanol–water partition coefficient (Wildman–Crippen LogP) is 4.71. The number of carbonyl (C=O) groups excluding carboxylic acids is 2. The second kappa shape index (κ2) is 7.87. The first-order chi connectivity index (χ1) is 14.5. The number of nitrogens with zero attached hydrogens (tertiary/aromatic N) is 1. The van der Waals surface area contributed by atoms with Crippen molar-refractivity contribution in [1.82, 2.24) is 0 Å². The van der Waals surface area contributed by atoms with Gasteiger partial charge < -0.3 is 10.1 Å². The topological polar surface area (TPSA) is 58.6 Å². The summed E-state index contributed by atoms with van der Waals surface area (Å²) in [5, 5.41) is 3.17. The third-order valence-corrected chi connectivity index (χ3v) is 5.08. The van der Waals surface area contributed by atoms with E-state index in [1.54, 1.807) is 43.5 Å². The Morgan fingerprint density at radius 1 is 0.733 bits per heavy atom. The van der Waals surface area contributed by atoms with Gasteiger partial charge in [-0.25, -0.2) is 4.90 Å². The molecule has 0 unspecified atom stereocenters. The predicted molar refractivity (Wildman–Crippen MR) is 118 cm³/mol. The van der Waals surface area contributed by atoms with Crippen LogP contribution in [0.25, 0.3) is 5.57 Å². The molecule has 0 atom stereocenters.